The molecule has 2 heterocycles. The second kappa shape index (κ2) is 5.72. The smallest absolute Gasteiger partial charge is 0.119 e. The molecule has 2 atom stereocenters. The van der Waals surface area contributed by atoms with Gasteiger partial charge in [0.25, 0.3) is 0 Å². The lowest BCUT2D eigenvalue weighted by molar-refractivity contribution is 0.141. The molecule has 1 aromatic carbocycles. The number of hydrogen-bond acceptors (Lipinski definition) is 3. The van der Waals surface area contributed by atoms with Gasteiger partial charge in [-0.15, -0.1) is 0 Å². The number of likely N-dealkylation sites (tertiary alicyclic amines) is 1. The summed E-state index contributed by atoms with van der Waals surface area (Å²) >= 11 is 0. The van der Waals surface area contributed by atoms with E-state index < -0.39 is 0 Å². The van der Waals surface area contributed by atoms with Crippen LogP contribution in [-0.4, -0.2) is 38.3 Å². The molecule has 3 rings (SSSR count). The molecule has 0 aliphatic carbocycles. The SMILES string of the molecule is COc1ccc2c(c1)C1CCN(CC=C(C)C)C(C1)N2C. The van der Waals surface area contributed by atoms with E-state index in [9.17, 15) is 0 Å². The van der Waals surface area contributed by atoms with E-state index >= 15 is 0 Å². The minimum Gasteiger partial charge on any atom is -0.497 e. The number of rotatable bonds is 3. The number of nitrogens with zero attached hydrogens (tertiary/aromatic N) is 2. The standard InChI is InChI=1S/C18H26N2O/c1-13(2)7-9-20-10-8-14-11-18(20)19(3)17-6-5-15(21-4)12-16(14)17/h5-7,12,14,18H,8-11H2,1-4H3. The molecular weight excluding hydrogens is 260 g/mol. The van der Waals surface area contributed by atoms with Gasteiger partial charge >= 0.3 is 0 Å². The van der Waals surface area contributed by atoms with E-state index in [2.05, 4.69) is 55.0 Å². The molecule has 3 nitrogen and oxygen atoms in total. The van der Waals surface area contributed by atoms with E-state index in [1.165, 1.54) is 36.2 Å². The van der Waals surface area contributed by atoms with E-state index in [4.69, 9.17) is 4.74 Å². The molecule has 0 saturated carbocycles. The number of ether oxygens (including phenoxy) is 1. The summed E-state index contributed by atoms with van der Waals surface area (Å²) < 4.78 is 5.40. The monoisotopic (exact) mass is 286 g/mol. The van der Waals surface area contributed by atoms with Gasteiger partial charge in [-0.25, -0.2) is 0 Å². The van der Waals surface area contributed by atoms with Gasteiger partial charge in [0, 0.05) is 25.8 Å². The largest absolute Gasteiger partial charge is 0.497 e. The number of piperidine rings is 1. The Balaban J connectivity index is 1.88. The molecule has 0 N–H and O–H groups in total. The summed E-state index contributed by atoms with van der Waals surface area (Å²) in [5.74, 6) is 1.66. The lowest BCUT2D eigenvalue weighted by atomic mass is 9.82. The predicted molar refractivity (Wildman–Crippen MR) is 88.2 cm³/mol. The van der Waals surface area contributed by atoms with Crippen molar-refractivity contribution in [1.29, 1.82) is 0 Å². The van der Waals surface area contributed by atoms with Crippen molar-refractivity contribution in [3.8, 4) is 5.75 Å². The molecule has 114 valence electrons. The van der Waals surface area contributed by atoms with Gasteiger partial charge in [0.1, 0.15) is 5.75 Å². The number of allylic oxidation sites excluding steroid dienone is 1. The zero-order valence-electron chi connectivity index (χ0n) is 13.6. The molecule has 1 saturated heterocycles. The van der Waals surface area contributed by atoms with Crippen LogP contribution >= 0.6 is 0 Å². The Morgan fingerprint density at radius 2 is 2.19 bits per heavy atom. The Morgan fingerprint density at radius 1 is 1.38 bits per heavy atom. The van der Waals surface area contributed by atoms with Crippen LogP contribution in [0.25, 0.3) is 0 Å². The van der Waals surface area contributed by atoms with E-state index in [0.717, 1.165) is 12.3 Å². The summed E-state index contributed by atoms with van der Waals surface area (Å²) in [4.78, 5) is 5.06. The highest BCUT2D eigenvalue weighted by Gasteiger charge is 2.37. The zero-order valence-corrected chi connectivity index (χ0v) is 13.6. The van der Waals surface area contributed by atoms with Gasteiger partial charge in [0.05, 0.1) is 13.3 Å². The average molecular weight is 286 g/mol. The van der Waals surface area contributed by atoms with E-state index in [1.54, 1.807) is 7.11 Å². The molecule has 3 heteroatoms. The highest BCUT2D eigenvalue weighted by atomic mass is 16.5. The molecule has 1 fully saturated rings. The fourth-order valence-corrected chi connectivity index (χ4v) is 3.66. The molecule has 2 aliphatic rings. The van der Waals surface area contributed by atoms with E-state index in [-0.39, 0.29) is 0 Å². The van der Waals surface area contributed by atoms with Crippen molar-refractivity contribution in [3.05, 3.63) is 35.4 Å². The Hall–Kier alpha value is -1.48. The molecule has 2 aliphatic heterocycles. The van der Waals surface area contributed by atoms with Gasteiger partial charge in [0.2, 0.25) is 0 Å². The Bertz CT molecular complexity index is 548. The maximum atomic E-state index is 5.40. The summed E-state index contributed by atoms with van der Waals surface area (Å²) in [5, 5.41) is 0. The molecular formula is C18H26N2O. The first-order valence-corrected chi connectivity index (χ1v) is 7.88. The van der Waals surface area contributed by atoms with Crippen LogP contribution in [0.3, 0.4) is 0 Å². The molecule has 0 spiro atoms. The predicted octanol–water partition coefficient (Wildman–Crippen LogP) is 3.62. The van der Waals surface area contributed by atoms with Crippen molar-refractivity contribution in [2.75, 3.05) is 32.1 Å². The quantitative estimate of drug-likeness (QED) is 0.789. The van der Waals surface area contributed by atoms with Crippen molar-refractivity contribution in [2.24, 2.45) is 0 Å². The number of fused-ring (bicyclic) bond motifs is 4. The Kier molecular flexibility index (Phi) is 3.94. The first-order chi connectivity index (χ1) is 10.1. The number of benzene rings is 1. The number of hydrogen-bond donors (Lipinski definition) is 0. The summed E-state index contributed by atoms with van der Waals surface area (Å²) in [7, 11) is 3.98. The van der Waals surface area contributed by atoms with Gasteiger partial charge in [0.15, 0.2) is 0 Å². The van der Waals surface area contributed by atoms with Crippen LogP contribution in [0.2, 0.25) is 0 Å². The minimum atomic E-state index is 0.528. The average Bonchev–Trinajstić information content (AvgIpc) is 2.50. The summed E-state index contributed by atoms with van der Waals surface area (Å²) in [5.41, 5.74) is 4.25. The minimum absolute atomic E-state index is 0.528. The van der Waals surface area contributed by atoms with Gasteiger partial charge in [-0.05, 0) is 56.4 Å². The Labute approximate surface area is 128 Å². The van der Waals surface area contributed by atoms with Crippen LogP contribution < -0.4 is 9.64 Å². The van der Waals surface area contributed by atoms with Crippen molar-refractivity contribution in [2.45, 2.75) is 38.8 Å². The van der Waals surface area contributed by atoms with E-state index in [0.29, 0.717) is 12.1 Å². The highest BCUT2D eigenvalue weighted by molar-refractivity contribution is 5.60. The summed E-state index contributed by atoms with van der Waals surface area (Å²) in [6, 6.07) is 6.53. The molecule has 0 radical (unpaired) electrons. The summed E-state index contributed by atoms with van der Waals surface area (Å²) in [6.45, 7) is 6.60. The molecule has 1 aromatic rings. The lowest BCUT2D eigenvalue weighted by Crippen LogP contribution is -2.53. The third kappa shape index (κ3) is 2.67. The van der Waals surface area contributed by atoms with Gasteiger partial charge in [-0.2, -0.15) is 0 Å². The molecule has 0 amide bonds. The maximum absolute atomic E-state index is 5.40. The topological polar surface area (TPSA) is 15.7 Å². The van der Waals surface area contributed by atoms with Gasteiger partial charge in [-0.3, -0.25) is 4.90 Å². The number of anilines is 1. The van der Waals surface area contributed by atoms with Crippen LogP contribution in [-0.2, 0) is 0 Å². The van der Waals surface area contributed by atoms with Crippen LogP contribution in [0.1, 0.15) is 38.2 Å². The first kappa shape index (κ1) is 14.5. The molecule has 0 aromatic heterocycles. The van der Waals surface area contributed by atoms with E-state index in [1.807, 2.05) is 0 Å². The maximum Gasteiger partial charge on any atom is 0.119 e. The first-order valence-electron chi connectivity index (χ1n) is 7.88. The fraction of sp³-hybridized carbons (Fsp3) is 0.556. The third-order valence-corrected chi connectivity index (χ3v) is 4.92. The number of methoxy groups -OCH3 is 1. The fourth-order valence-electron chi connectivity index (χ4n) is 3.66. The van der Waals surface area contributed by atoms with Crippen molar-refractivity contribution >= 4 is 5.69 Å². The van der Waals surface area contributed by atoms with Crippen LogP contribution in [0.4, 0.5) is 5.69 Å². The van der Waals surface area contributed by atoms with Crippen molar-refractivity contribution in [1.82, 2.24) is 4.90 Å². The second-order valence-corrected chi connectivity index (χ2v) is 6.51. The van der Waals surface area contributed by atoms with Crippen LogP contribution in [0.5, 0.6) is 5.75 Å². The molecule has 2 unspecified atom stereocenters. The van der Waals surface area contributed by atoms with Crippen molar-refractivity contribution in [3.63, 3.8) is 0 Å². The molecule has 2 bridgehead atoms. The zero-order chi connectivity index (χ0) is 15.0. The van der Waals surface area contributed by atoms with Gasteiger partial charge < -0.3 is 9.64 Å². The van der Waals surface area contributed by atoms with Crippen LogP contribution in [0.15, 0.2) is 29.8 Å². The normalized spacial score (nSPS) is 24.5. The summed E-state index contributed by atoms with van der Waals surface area (Å²) in [6.07, 6.45) is 5.35. The van der Waals surface area contributed by atoms with Crippen LogP contribution in [0, 0.1) is 0 Å². The lowest BCUT2D eigenvalue weighted by Gasteiger charge is -2.49. The third-order valence-electron chi connectivity index (χ3n) is 4.92. The molecule has 21 heavy (non-hydrogen) atoms. The highest BCUT2D eigenvalue weighted by Crippen LogP contribution is 2.44. The van der Waals surface area contributed by atoms with Gasteiger partial charge in [-0.1, -0.05) is 11.6 Å². The second-order valence-electron chi connectivity index (χ2n) is 6.51. The van der Waals surface area contributed by atoms with Crippen molar-refractivity contribution < 1.29 is 4.74 Å². The Morgan fingerprint density at radius 3 is 2.90 bits per heavy atom.